The van der Waals surface area contributed by atoms with Gasteiger partial charge in [0.25, 0.3) is 0 Å². The Hall–Kier alpha value is -11.6. The number of fused-ring (bicyclic) bond motifs is 12. The molecule has 4 aliphatic rings. The molecule has 26 heteroatoms. The fraction of sp³-hybridized carbons (Fsp3) is 0.350. The lowest BCUT2D eigenvalue weighted by Crippen LogP contribution is -2.06. The molecule has 12 rings (SSSR count). The number of rotatable bonds is 18. The van der Waals surface area contributed by atoms with Crippen LogP contribution in [0.2, 0.25) is 0 Å². The second-order valence-corrected chi connectivity index (χ2v) is 24.2. The molecule has 564 valence electrons. The van der Waals surface area contributed by atoms with Crippen molar-refractivity contribution in [1.82, 2.24) is 0 Å². The van der Waals surface area contributed by atoms with Crippen molar-refractivity contribution in [3.63, 3.8) is 0 Å². The first kappa shape index (κ1) is 78.5. The second-order valence-electron chi connectivity index (χ2n) is 24.2. The lowest BCUT2D eigenvalue weighted by Gasteiger charge is -2.21. The average molecular weight is 1470 g/mol. The zero-order chi connectivity index (χ0) is 77.1. The van der Waals surface area contributed by atoms with E-state index in [1.165, 1.54) is 69.7 Å². The third-order valence-electron chi connectivity index (χ3n) is 18.5. The average Bonchev–Trinajstić information content (AvgIpc) is 1.45. The van der Waals surface area contributed by atoms with Crippen LogP contribution < -0.4 is 85.3 Å². The lowest BCUT2D eigenvalue weighted by atomic mass is 9.93. The first-order chi connectivity index (χ1) is 51.0. The van der Waals surface area contributed by atoms with Gasteiger partial charge in [-0.25, -0.2) is 0 Å². The van der Waals surface area contributed by atoms with E-state index in [0.717, 1.165) is 55.6 Å². The number of aryl methyl sites for hydroxylation is 4. The van der Waals surface area contributed by atoms with Crippen LogP contribution in [0.5, 0.6) is 115 Å². The molecular formula is C80H88O26. The highest BCUT2D eigenvalue weighted by Gasteiger charge is 2.35. The molecule has 0 radical (unpaired) electrons. The summed E-state index contributed by atoms with van der Waals surface area (Å²) in [4.78, 5) is 48.3. The van der Waals surface area contributed by atoms with Crippen molar-refractivity contribution in [3.05, 3.63) is 117 Å². The van der Waals surface area contributed by atoms with Gasteiger partial charge >= 0.3 is 11.9 Å². The summed E-state index contributed by atoms with van der Waals surface area (Å²) in [6.45, 7) is 2.61. The predicted molar refractivity (Wildman–Crippen MR) is 390 cm³/mol. The van der Waals surface area contributed by atoms with Crippen molar-refractivity contribution < 1.29 is 125 Å². The normalized spacial score (nSPS) is 13.9. The standard InChI is InChI=1S/C21H24O7.C21H22O7.C19H22O6.C19H20O6/c2*1-11(22)28-17-9-13-14(10-16(17)24-2)19-12(6-7-15(13)23)8-18(25-3)20(26-4)21(19)27-5;2*1-22-15-9-12-11(8-14(15)21)13(20)6-5-10-7-16(23-2)18(24-3)19(25-4)17(10)12/h8-10,15,23H,6-7H2,1-5H3;8-10H,6-7H2,1-5H3;7-9,13,20-21H,5-6H2,1-4H3;7-9,21H,5-6H2,1-4H3. The number of aromatic hydroxyl groups is 2. The summed E-state index contributed by atoms with van der Waals surface area (Å²) in [7, 11) is 24.5. The predicted octanol–water partition coefficient (Wildman–Crippen LogP) is 13.0. The number of carbonyl (C=O) groups is 4. The van der Waals surface area contributed by atoms with Gasteiger partial charge in [0.05, 0.1) is 126 Å². The van der Waals surface area contributed by atoms with Crippen molar-refractivity contribution in [2.75, 3.05) is 114 Å². The molecule has 0 saturated carbocycles. The minimum atomic E-state index is -0.746. The van der Waals surface area contributed by atoms with Crippen molar-refractivity contribution in [1.29, 1.82) is 0 Å². The molecule has 2 unspecified atom stereocenters. The fourth-order valence-corrected chi connectivity index (χ4v) is 13.7. The van der Waals surface area contributed by atoms with Gasteiger partial charge in [-0.1, -0.05) is 0 Å². The molecule has 0 fully saturated rings. The Bertz CT molecular complexity index is 4650. The largest absolute Gasteiger partial charge is 0.504 e. The number of benzene rings is 8. The van der Waals surface area contributed by atoms with E-state index < -0.39 is 24.1 Å². The Morgan fingerprint density at radius 1 is 0.283 bits per heavy atom. The monoisotopic (exact) mass is 1460 g/mol. The highest BCUT2D eigenvalue weighted by atomic mass is 16.6. The van der Waals surface area contributed by atoms with Gasteiger partial charge in [0.1, 0.15) is 0 Å². The van der Waals surface area contributed by atoms with E-state index in [-0.39, 0.29) is 40.3 Å². The van der Waals surface area contributed by atoms with Crippen LogP contribution in [0.4, 0.5) is 0 Å². The summed E-state index contributed by atoms with van der Waals surface area (Å²) in [5.41, 5.74) is 11.7. The molecule has 0 heterocycles. The molecule has 0 bridgehead atoms. The van der Waals surface area contributed by atoms with E-state index in [4.69, 9.17) is 85.3 Å². The maximum absolute atomic E-state index is 12.8. The number of aliphatic hydroxyl groups is 2. The molecule has 2 atom stereocenters. The molecule has 106 heavy (non-hydrogen) atoms. The van der Waals surface area contributed by atoms with Crippen molar-refractivity contribution in [2.24, 2.45) is 0 Å². The minimum absolute atomic E-state index is 0.0109. The summed E-state index contributed by atoms with van der Waals surface area (Å²) in [6.07, 6.45) is 2.44. The molecule has 0 aromatic heterocycles. The number of Topliss-reactive ketones (excluding diaryl/α,β-unsaturated/α-hetero) is 2. The molecule has 4 N–H and O–H groups in total. The van der Waals surface area contributed by atoms with Gasteiger partial charge < -0.3 is 106 Å². The zero-order valence-electron chi connectivity index (χ0n) is 62.5. The van der Waals surface area contributed by atoms with E-state index in [9.17, 15) is 39.6 Å². The summed E-state index contributed by atoms with van der Waals surface area (Å²) in [5.74, 6) is 6.66. The second kappa shape index (κ2) is 34.3. The Morgan fingerprint density at radius 2 is 0.547 bits per heavy atom. The third-order valence-corrected chi connectivity index (χ3v) is 18.5. The molecule has 0 aliphatic heterocycles. The maximum atomic E-state index is 12.8. The number of hydrogen-bond donors (Lipinski definition) is 4. The number of ether oxygens (including phenoxy) is 18. The van der Waals surface area contributed by atoms with E-state index in [2.05, 4.69) is 0 Å². The highest BCUT2D eigenvalue weighted by Crippen LogP contribution is 2.57. The number of esters is 2. The number of methoxy groups -OCH3 is 16. The Kier molecular flexibility index (Phi) is 25.4. The summed E-state index contributed by atoms with van der Waals surface area (Å²) >= 11 is 0. The quantitative estimate of drug-likeness (QED) is 0.0458. The van der Waals surface area contributed by atoms with Crippen LogP contribution in [-0.4, -0.2) is 158 Å². The van der Waals surface area contributed by atoms with Gasteiger partial charge in [-0.3, -0.25) is 19.2 Å². The number of phenolic OH excluding ortho intramolecular Hbond substituents is 2. The van der Waals surface area contributed by atoms with E-state index in [1.54, 1.807) is 106 Å². The summed E-state index contributed by atoms with van der Waals surface area (Å²) in [5, 5.41) is 41.5. The van der Waals surface area contributed by atoms with Crippen LogP contribution in [0.25, 0.3) is 44.5 Å². The van der Waals surface area contributed by atoms with Crippen molar-refractivity contribution in [3.8, 4) is 159 Å². The topological polar surface area (TPSA) is 315 Å². The van der Waals surface area contributed by atoms with E-state index >= 15 is 0 Å². The number of carbonyl (C=O) groups excluding carboxylic acids is 4. The lowest BCUT2D eigenvalue weighted by molar-refractivity contribution is -0.132. The molecule has 8 aromatic rings. The summed E-state index contributed by atoms with van der Waals surface area (Å²) < 4.78 is 98.1. The maximum Gasteiger partial charge on any atom is 0.308 e. The van der Waals surface area contributed by atoms with Crippen molar-refractivity contribution in [2.45, 2.75) is 77.4 Å². The highest BCUT2D eigenvalue weighted by molar-refractivity contribution is 6.07. The fourth-order valence-electron chi connectivity index (χ4n) is 13.7. The molecule has 26 nitrogen and oxygen atoms in total. The molecule has 0 saturated heterocycles. The zero-order valence-corrected chi connectivity index (χ0v) is 62.5. The van der Waals surface area contributed by atoms with E-state index in [0.29, 0.717) is 171 Å². The third kappa shape index (κ3) is 15.3. The van der Waals surface area contributed by atoms with Gasteiger partial charge in [-0.05, 0) is 156 Å². The van der Waals surface area contributed by atoms with Crippen LogP contribution in [-0.2, 0) is 35.3 Å². The minimum Gasteiger partial charge on any atom is -0.504 e. The number of ketones is 2. The molecular weight excluding hydrogens is 1380 g/mol. The number of phenols is 2. The van der Waals surface area contributed by atoms with Crippen LogP contribution in [0.3, 0.4) is 0 Å². The van der Waals surface area contributed by atoms with Gasteiger partial charge in [0, 0.05) is 71.2 Å². The van der Waals surface area contributed by atoms with Crippen LogP contribution in [0.15, 0.2) is 72.8 Å². The van der Waals surface area contributed by atoms with Crippen molar-refractivity contribution >= 4 is 23.5 Å². The first-order valence-corrected chi connectivity index (χ1v) is 33.3. The van der Waals surface area contributed by atoms with Gasteiger partial charge in [0.2, 0.25) is 23.0 Å². The SMILES string of the molecule is COc1cc2c(cc1O)C(=O)CCc1cc(OC)c(OC)c(OC)c1-2.COc1cc2c(cc1O)C(O)CCc1cc(OC)c(OC)c(OC)c1-2.COc1cc2c(cc1OC(C)=O)C(=O)CCc1cc(OC)c(OC)c(OC)c1-2.COc1cc2c(cc1OC(C)=O)C(O)CCc1cc(OC)c(OC)c(OC)c1-2. The first-order valence-electron chi connectivity index (χ1n) is 33.3. The Labute approximate surface area is 613 Å². The van der Waals surface area contributed by atoms with Gasteiger partial charge in [-0.15, -0.1) is 0 Å². The molecule has 0 spiro atoms. The summed E-state index contributed by atoms with van der Waals surface area (Å²) in [6, 6.07) is 20.5. The Morgan fingerprint density at radius 3 is 0.877 bits per heavy atom. The number of aliphatic hydroxyl groups excluding tert-OH is 2. The van der Waals surface area contributed by atoms with Crippen LogP contribution in [0.1, 0.15) is 106 Å². The smallest absolute Gasteiger partial charge is 0.308 e. The van der Waals surface area contributed by atoms with Gasteiger partial charge in [0.15, 0.2) is 104 Å². The van der Waals surface area contributed by atoms with Crippen LogP contribution in [0, 0.1) is 0 Å². The number of hydrogen-bond acceptors (Lipinski definition) is 26. The van der Waals surface area contributed by atoms with Crippen LogP contribution >= 0.6 is 0 Å². The Balaban J connectivity index is 0.000000164. The molecule has 4 aliphatic carbocycles. The van der Waals surface area contributed by atoms with E-state index in [1.807, 2.05) is 24.3 Å². The molecule has 8 aromatic carbocycles. The molecule has 0 amide bonds. The van der Waals surface area contributed by atoms with Gasteiger partial charge in [-0.2, -0.15) is 0 Å².